The lowest BCUT2D eigenvalue weighted by molar-refractivity contribution is -0.116. The number of hydrogen-bond donors (Lipinski definition) is 1. The summed E-state index contributed by atoms with van der Waals surface area (Å²) in [5.41, 5.74) is 5.03. The van der Waals surface area contributed by atoms with E-state index in [9.17, 15) is 4.79 Å². The molecule has 0 saturated heterocycles. The monoisotopic (exact) mass is 289 g/mol. The molecule has 1 unspecified atom stereocenters. The third-order valence-electron chi connectivity index (χ3n) is 4.54. The summed E-state index contributed by atoms with van der Waals surface area (Å²) >= 11 is 0. The molecule has 0 spiro atoms. The molecule has 2 aliphatic carbocycles. The van der Waals surface area contributed by atoms with Gasteiger partial charge >= 0.3 is 0 Å². The molecular weight excluding hydrogens is 270 g/mol. The van der Waals surface area contributed by atoms with Crippen LogP contribution in [0.5, 0.6) is 0 Å². The van der Waals surface area contributed by atoms with E-state index in [0.29, 0.717) is 12.0 Å². The summed E-state index contributed by atoms with van der Waals surface area (Å²) in [6.07, 6.45) is 4.96. The number of rotatable bonds is 3. The highest BCUT2D eigenvalue weighted by Crippen LogP contribution is 2.44. The Labute approximate surface area is 130 Å². The van der Waals surface area contributed by atoms with E-state index in [2.05, 4.69) is 53.8 Å². The minimum Gasteiger partial charge on any atom is -0.350 e. The van der Waals surface area contributed by atoms with E-state index >= 15 is 0 Å². The highest BCUT2D eigenvalue weighted by molar-refractivity contribution is 5.97. The van der Waals surface area contributed by atoms with Crippen molar-refractivity contribution in [3.8, 4) is 0 Å². The van der Waals surface area contributed by atoms with Crippen LogP contribution in [0.25, 0.3) is 5.57 Å². The molecule has 2 nitrogen and oxygen atoms in total. The average Bonchev–Trinajstić information content (AvgIpc) is 3.29. The molecule has 2 aromatic carbocycles. The largest absolute Gasteiger partial charge is 0.350 e. The van der Waals surface area contributed by atoms with Gasteiger partial charge in [0.1, 0.15) is 0 Å². The fourth-order valence-corrected chi connectivity index (χ4v) is 3.28. The second kappa shape index (κ2) is 5.45. The molecule has 110 valence electrons. The van der Waals surface area contributed by atoms with Crippen LogP contribution in [-0.4, -0.2) is 11.9 Å². The van der Waals surface area contributed by atoms with E-state index in [-0.39, 0.29) is 5.91 Å². The van der Waals surface area contributed by atoms with Gasteiger partial charge in [0, 0.05) is 18.0 Å². The van der Waals surface area contributed by atoms with E-state index in [1.165, 1.54) is 16.7 Å². The first kappa shape index (κ1) is 13.3. The van der Waals surface area contributed by atoms with Gasteiger partial charge in [-0.1, -0.05) is 54.6 Å². The molecule has 1 saturated carbocycles. The van der Waals surface area contributed by atoms with Gasteiger partial charge in [0.25, 0.3) is 0 Å². The zero-order chi connectivity index (χ0) is 14.9. The number of nitrogens with one attached hydrogen (secondary N) is 1. The smallest absolute Gasteiger partial charge is 0.244 e. The molecule has 0 bridgehead atoms. The Hall–Kier alpha value is -2.35. The molecule has 2 aliphatic rings. The Kier molecular flexibility index (Phi) is 3.30. The fourth-order valence-electron chi connectivity index (χ4n) is 3.28. The predicted molar refractivity (Wildman–Crippen MR) is 88.5 cm³/mol. The van der Waals surface area contributed by atoms with Crippen molar-refractivity contribution in [3.63, 3.8) is 0 Å². The molecule has 0 aromatic heterocycles. The number of amides is 1. The highest BCUT2D eigenvalue weighted by Gasteiger charge is 2.28. The number of carbonyl (C=O) groups is 1. The molecule has 1 atom stereocenters. The van der Waals surface area contributed by atoms with Crippen molar-refractivity contribution >= 4 is 11.5 Å². The molecule has 1 fully saturated rings. The van der Waals surface area contributed by atoms with E-state index in [1.807, 2.05) is 6.07 Å². The molecule has 0 radical (unpaired) electrons. The van der Waals surface area contributed by atoms with Gasteiger partial charge in [0.05, 0.1) is 0 Å². The molecule has 1 amide bonds. The number of hydrogen-bond acceptors (Lipinski definition) is 1. The summed E-state index contributed by atoms with van der Waals surface area (Å²) in [6.45, 7) is 0. The Morgan fingerprint density at radius 1 is 1.00 bits per heavy atom. The number of benzene rings is 2. The summed E-state index contributed by atoms with van der Waals surface area (Å²) in [5, 5.41) is 3.05. The summed E-state index contributed by atoms with van der Waals surface area (Å²) in [7, 11) is 0. The first-order valence-electron chi connectivity index (χ1n) is 7.96. The van der Waals surface area contributed by atoms with Gasteiger partial charge in [-0.15, -0.1) is 0 Å². The summed E-state index contributed by atoms with van der Waals surface area (Å²) in [4.78, 5) is 12.1. The molecule has 22 heavy (non-hydrogen) atoms. The van der Waals surface area contributed by atoms with E-state index in [4.69, 9.17) is 0 Å². The maximum Gasteiger partial charge on any atom is 0.244 e. The first-order valence-corrected chi connectivity index (χ1v) is 7.96. The molecule has 2 aromatic rings. The number of allylic oxidation sites excluding steroid dienone is 1. The minimum atomic E-state index is 0.0565. The van der Waals surface area contributed by atoms with Crippen LogP contribution in [0.3, 0.4) is 0 Å². The minimum absolute atomic E-state index is 0.0565. The summed E-state index contributed by atoms with van der Waals surface area (Å²) in [5.74, 6) is 0.415. The van der Waals surface area contributed by atoms with Crippen LogP contribution in [0.15, 0.2) is 60.7 Å². The average molecular weight is 289 g/mol. The van der Waals surface area contributed by atoms with Crippen molar-refractivity contribution in [1.29, 1.82) is 0 Å². The Balaban J connectivity index is 1.67. The van der Waals surface area contributed by atoms with Crippen molar-refractivity contribution < 1.29 is 4.79 Å². The molecule has 0 aliphatic heterocycles. The van der Waals surface area contributed by atoms with Gasteiger partial charge in [-0.05, 0) is 41.5 Å². The van der Waals surface area contributed by atoms with Crippen molar-refractivity contribution in [1.82, 2.24) is 5.32 Å². The topological polar surface area (TPSA) is 29.1 Å². The zero-order valence-electron chi connectivity index (χ0n) is 12.5. The fraction of sp³-hybridized carbons (Fsp3) is 0.250. The lowest BCUT2D eigenvalue weighted by Gasteiger charge is -2.11. The molecule has 1 N–H and O–H groups in total. The summed E-state index contributed by atoms with van der Waals surface area (Å²) < 4.78 is 0. The van der Waals surface area contributed by atoms with Gasteiger partial charge in [-0.2, -0.15) is 0 Å². The van der Waals surface area contributed by atoms with Crippen LogP contribution in [0.1, 0.15) is 41.9 Å². The van der Waals surface area contributed by atoms with Gasteiger partial charge in [0.2, 0.25) is 5.91 Å². The van der Waals surface area contributed by atoms with Crippen molar-refractivity contribution in [2.75, 3.05) is 0 Å². The van der Waals surface area contributed by atoms with Gasteiger partial charge in [0.15, 0.2) is 0 Å². The second-order valence-corrected chi connectivity index (χ2v) is 6.21. The lowest BCUT2D eigenvalue weighted by Crippen LogP contribution is -2.23. The highest BCUT2D eigenvalue weighted by atomic mass is 16.1. The zero-order valence-corrected chi connectivity index (χ0v) is 12.5. The Morgan fingerprint density at radius 3 is 2.50 bits per heavy atom. The van der Waals surface area contributed by atoms with Gasteiger partial charge < -0.3 is 5.32 Å². The Bertz CT molecular complexity index is 728. The standard InChI is InChI=1S/C20H19NO/c22-20(21-16-10-11-16)13-15-12-19(14-6-2-1-3-7-14)18-9-5-4-8-17(15)18/h1-9,13,16,19H,10-12H2,(H,21,22)/b15-13+. The molecule has 4 rings (SSSR count). The lowest BCUT2D eigenvalue weighted by atomic mass is 9.93. The summed E-state index contributed by atoms with van der Waals surface area (Å²) in [6, 6.07) is 19.4. The maximum absolute atomic E-state index is 12.1. The Morgan fingerprint density at radius 2 is 1.73 bits per heavy atom. The van der Waals surface area contributed by atoms with E-state index < -0.39 is 0 Å². The van der Waals surface area contributed by atoms with E-state index in [1.54, 1.807) is 6.08 Å². The van der Waals surface area contributed by atoms with Crippen LogP contribution in [0, 0.1) is 0 Å². The molecule has 2 heteroatoms. The molecular formula is C20H19NO. The van der Waals surface area contributed by atoms with Crippen LogP contribution < -0.4 is 5.32 Å². The van der Waals surface area contributed by atoms with Crippen molar-refractivity contribution in [2.45, 2.75) is 31.2 Å². The number of carbonyl (C=O) groups excluding carboxylic acids is 1. The van der Waals surface area contributed by atoms with Crippen LogP contribution in [-0.2, 0) is 4.79 Å². The van der Waals surface area contributed by atoms with Crippen LogP contribution >= 0.6 is 0 Å². The van der Waals surface area contributed by atoms with Crippen LogP contribution in [0.4, 0.5) is 0 Å². The van der Waals surface area contributed by atoms with E-state index in [0.717, 1.165) is 24.8 Å². The van der Waals surface area contributed by atoms with Crippen molar-refractivity contribution in [3.05, 3.63) is 77.4 Å². The van der Waals surface area contributed by atoms with Gasteiger partial charge in [-0.25, -0.2) is 0 Å². The quantitative estimate of drug-likeness (QED) is 0.854. The van der Waals surface area contributed by atoms with Gasteiger partial charge in [-0.3, -0.25) is 4.79 Å². The van der Waals surface area contributed by atoms with Crippen LogP contribution in [0.2, 0.25) is 0 Å². The SMILES string of the molecule is O=C(/C=C1\CC(c2ccccc2)c2ccccc21)NC1CC1. The maximum atomic E-state index is 12.1. The first-order chi connectivity index (χ1) is 10.8. The second-order valence-electron chi connectivity index (χ2n) is 6.21. The molecule has 0 heterocycles. The van der Waals surface area contributed by atoms with Crippen molar-refractivity contribution in [2.24, 2.45) is 0 Å². The normalized spacial score (nSPS) is 21.6. The third-order valence-corrected chi connectivity index (χ3v) is 4.54. The predicted octanol–water partition coefficient (Wildman–Crippen LogP) is 3.88. The third kappa shape index (κ3) is 2.57. The number of fused-ring (bicyclic) bond motifs is 1.